The van der Waals surface area contributed by atoms with Crippen LogP contribution < -0.4 is 15.7 Å². The van der Waals surface area contributed by atoms with Crippen molar-refractivity contribution in [3.05, 3.63) is 64.1 Å². The van der Waals surface area contributed by atoms with Gasteiger partial charge in [-0.15, -0.1) is 0 Å². The zero-order valence-corrected chi connectivity index (χ0v) is 15.3. The maximum atomic E-state index is 12.5. The van der Waals surface area contributed by atoms with E-state index in [-0.39, 0.29) is 17.6 Å². The number of hydrogen-bond donors (Lipinski definition) is 2. The summed E-state index contributed by atoms with van der Waals surface area (Å²) in [6, 6.07) is 13.2. The van der Waals surface area contributed by atoms with Crippen LogP contribution in [0.1, 0.15) is 47.6 Å². The first-order valence-corrected chi connectivity index (χ1v) is 9.31. The van der Waals surface area contributed by atoms with Crippen molar-refractivity contribution < 1.29 is 9.53 Å². The molecule has 0 spiro atoms. The highest BCUT2D eigenvalue weighted by Gasteiger charge is 2.21. The number of H-pyrrole nitrogens is 1. The highest BCUT2D eigenvalue weighted by atomic mass is 16.5. The van der Waals surface area contributed by atoms with E-state index in [0.29, 0.717) is 17.6 Å². The van der Waals surface area contributed by atoms with Gasteiger partial charge in [-0.25, -0.2) is 4.79 Å². The molecular formula is C21H23N3O3. The zero-order valence-electron chi connectivity index (χ0n) is 15.3. The number of benzene rings is 2. The van der Waals surface area contributed by atoms with Crippen molar-refractivity contribution in [2.75, 3.05) is 7.11 Å². The van der Waals surface area contributed by atoms with Crippen molar-refractivity contribution in [2.24, 2.45) is 0 Å². The molecule has 6 heteroatoms. The lowest BCUT2D eigenvalue weighted by Gasteiger charge is -2.11. The Morgan fingerprint density at radius 2 is 1.93 bits per heavy atom. The Bertz CT molecular complexity index is 1010. The second kappa shape index (κ2) is 7.31. The first-order valence-electron chi connectivity index (χ1n) is 9.31. The summed E-state index contributed by atoms with van der Waals surface area (Å²) in [6.07, 6.45) is 4.40. The number of nitrogens with one attached hydrogen (secondary N) is 2. The quantitative estimate of drug-likeness (QED) is 0.728. The van der Waals surface area contributed by atoms with Crippen molar-refractivity contribution in [3.63, 3.8) is 0 Å². The van der Waals surface area contributed by atoms with Crippen LogP contribution in [0.2, 0.25) is 0 Å². The molecule has 1 saturated carbocycles. The normalized spacial score (nSPS) is 14.6. The fourth-order valence-electron chi connectivity index (χ4n) is 3.83. The van der Waals surface area contributed by atoms with Gasteiger partial charge in [0.1, 0.15) is 5.75 Å². The van der Waals surface area contributed by atoms with E-state index in [4.69, 9.17) is 4.74 Å². The number of fused-ring (bicyclic) bond motifs is 1. The van der Waals surface area contributed by atoms with E-state index in [0.717, 1.165) is 42.5 Å². The van der Waals surface area contributed by atoms with E-state index < -0.39 is 0 Å². The van der Waals surface area contributed by atoms with Crippen molar-refractivity contribution in [1.29, 1.82) is 0 Å². The number of nitrogens with zero attached hydrogens (tertiary/aromatic N) is 1. The highest BCUT2D eigenvalue weighted by Crippen LogP contribution is 2.30. The Hall–Kier alpha value is -3.02. The van der Waals surface area contributed by atoms with Gasteiger partial charge in [0.15, 0.2) is 0 Å². The Morgan fingerprint density at radius 1 is 1.19 bits per heavy atom. The van der Waals surface area contributed by atoms with Crippen molar-refractivity contribution in [1.82, 2.24) is 14.9 Å². The third-order valence-corrected chi connectivity index (χ3v) is 5.28. The Morgan fingerprint density at radius 3 is 2.63 bits per heavy atom. The van der Waals surface area contributed by atoms with E-state index in [1.54, 1.807) is 19.2 Å². The van der Waals surface area contributed by atoms with E-state index >= 15 is 0 Å². The molecule has 27 heavy (non-hydrogen) atoms. The molecule has 0 saturated heterocycles. The summed E-state index contributed by atoms with van der Waals surface area (Å²) in [6.45, 7) is 0.431. The molecule has 2 N–H and O–H groups in total. The summed E-state index contributed by atoms with van der Waals surface area (Å²) >= 11 is 0. The summed E-state index contributed by atoms with van der Waals surface area (Å²) in [5.41, 5.74) is 3.03. The van der Waals surface area contributed by atoms with Crippen LogP contribution in [0, 0.1) is 0 Å². The number of methoxy groups -OCH3 is 1. The largest absolute Gasteiger partial charge is 0.497 e. The Labute approximate surface area is 157 Å². The minimum atomic E-state index is -0.165. The number of aromatic nitrogens is 2. The predicted octanol–water partition coefficient (Wildman–Crippen LogP) is 3.38. The van der Waals surface area contributed by atoms with E-state index in [2.05, 4.69) is 10.3 Å². The Balaban J connectivity index is 1.51. The lowest BCUT2D eigenvalue weighted by Crippen LogP contribution is -2.22. The van der Waals surface area contributed by atoms with Gasteiger partial charge in [0.25, 0.3) is 5.91 Å². The fourth-order valence-corrected chi connectivity index (χ4v) is 3.83. The SMILES string of the molecule is COc1ccc(CNC(=O)c2ccc3c(c2)[nH]c(=O)n3C2CCCC2)cc1. The maximum absolute atomic E-state index is 12.5. The molecule has 1 aromatic heterocycles. The lowest BCUT2D eigenvalue weighted by atomic mass is 10.1. The highest BCUT2D eigenvalue weighted by molar-refractivity contribution is 5.97. The smallest absolute Gasteiger partial charge is 0.326 e. The average Bonchev–Trinajstić information content (AvgIpc) is 3.32. The number of hydrogen-bond acceptors (Lipinski definition) is 3. The molecule has 2 aromatic carbocycles. The standard InChI is InChI=1S/C21H23N3O3/c1-27-17-9-6-14(7-10-17)13-22-20(25)15-8-11-19-18(12-15)23-21(26)24(19)16-4-2-3-5-16/h6-12,16H,2-5,13H2,1H3,(H,22,25)(H,23,26). The topological polar surface area (TPSA) is 76.1 Å². The van der Waals surface area contributed by atoms with Gasteiger partial charge in [-0.2, -0.15) is 0 Å². The van der Waals surface area contributed by atoms with Gasteiger partial charge in [-0.05, 0) is 48.7 Å². The number of amides is 1. The van der Waals surface area contributed by atoms with Gasteiger partial charge < -0.3 is 15.0 Å². The summed E-state index contributed by atoms with van der Waals surface area (Å²) in [7, 11) is 1.62. The van der Waals surface area contributed by atoms with Crippen molar-refractivity contribution >= 4 is 16.9 Å². The number of ether oxygens (including phenoxy) is 1. The van der Waals surface area contributed by atoms with Crippen LogP contribution in [-0.4, -0.2) is 22.6 Å². The zero-order chi connectivity index (χ0) is 18.8. The van der Waals surface area contributed by atoms with Gasteiger partial charge in [0, 0.05) is 18.2 Å². The van der Waals surface area contributed by atoms with Crippen molar-refractivity contribution in [3.8, 4) is 5.75 Å². The molecule has 1 fully saturated rings. The van der Waals surface area contributed by atoms with Crippen LogP contribution in [0.15, 0.2) is 47.3 Å². The Kier molecular flexibility index (Phi) is 4.71. The summed E-state index contributed by atoms with van der Waals surface area (Å²) in [5, 5.41) is 2.92. The number of carbonyl (C=O) groups excluding carboxylic acids is 1. The molecule has 0 radical (unpaired) electrons. The third kappa shape index (κ3) is 3.47. The number of carbonyl (C=O) groups is 1. The molecule has 0 bridgehead atoms. The van der Waals surface area contributed by atoms with Crippen LogP contribution >= 0.6 is 0 Å². The summed E-state index contributed by atoms with van der Waals surface area (Å²) in [4.78, 5) is 27.8. The molecule has 0 unspecified atom stereocenters. The van der Waals surface area contributed by atoms with Crippen LogP contribution in [0.5, 0.6) is 5.75 Å². The van der Waals surface area contributed by atoms with Gasteiger partial charge >= 0.3 is 5.69 Å². The first kappa shape index (κ1) is 17.4. The van der Waals surface area contributed by atoms with Gasteiger partial charge in [0.2, 0.25) is 0 Å². The van der Waals surface area contributed by atoms with E-state index in [9.17, 15) is 9.59 Å². The minimum Gasteiger partial charge on any atom is -0.497 e. The maximum Gasteiger partial charge on any atom is 0.326 e. The van der Waals surface area contributed by atoms with Gasteiger partial charge in [-0.3, -0.25) is 9.36 Å². The minimum absolute atomic E-state index is 0.0901. The molecule has 1 heterocycles. The molecule has 1 aliphatic rings. The second-order valence-electron chi connectivity index (χ2n) is 7.00. The molecular weight excluding hydrogens is 342 g/mol. The molecule has 4 rings (SSSR count). The monoisotopic (exact) mass is 365 g/mol. The average molecular weight is 365 g/mol. The third-order valence-electron chi connectivity index (χ3n) is 5.28. The number of aromatic amines is 1. The summed E-state index contributed by atoms with van der Waals surface area (Å²) in [5.74, 6) is 0.619. The van der Waals surface area contributed by atoms with Crippen LogP contribution in [-0.2, 0) is 6.54 Å². The molecule has 0 atom stereocenters. The second-order valence-corrected chi connectivity index (χ2v) is 7.00. The van der Waals surface area contributed by atoms with E-state index in [1.165, 1.54) is 0 Å². The number of rotatable bonds is 5. The molecule has 1 amide bonds. The van der Waals surface area contributed by atoms with Gasteiger partial charge in [0.05, 0.1) is 18.1 Å². The molecule has 140 valence electrons. The summed E-state index contributed by atoms with van der Waals surface area (Å²) < 4.78 is 6.98. The predicted molar refractivity (Wildman–Crippen MR) is 104 cm³/mol. The number of imidazole rings is 1. The van der Waals surface area contributed by atoms with Crippen molar-refractivity contribution in [2.45, 2.75) is 38.3 Å². The fraction of sp³-hybridized carbons (Fsp3) is 0.333. The van der Waals surface area contributed by atoms with Crippen LogP contribution in [0.3, 0.4) is 0 Å². The molecule has 3 aromatic rings. The van der Waals surface area contributed by atoms with Gasteiger partial charge in [-0.1, -0.05) is 25.0 Å². The molecule has 1 aliphatic carbocycles. The van der Waals surface area contributed by atoms with Crippen LogP contribution in [0.4, 0.5) is 0 Å². The molecule has 6 nitrogen and oxygen atoms in total. The van der Waals surface area contributed by atoms with E-state index in [1.807, 2.05) is 34.9 Å². The molecule has 0 aliphatic heterocycles. The first-order chi connectivity index (χ1) is 13.2. The van der Waals surface area contributed by atoms with Crippen LogP contribution in [0.25, 0.3) is 11.0 Å². The lowest BCUT2D eigenvalue weighted by molar-refractivity contribution is 0.0951.